The Kier molecular flexibility index (Phi) is 7.60. The van der Waals surface area contributed by atoms with E-state index in [9.17, 15) is 4.79 Å². The van der Waals surface area contributed by atoms with E-state index in [0.717, 1.165) is 57.5 Å². The Morgan fingerprint density at radius 3 is 2.20 bits per heavy atom. The molecule has 4 nitrogen and oxygen atoms in total. The van der Waals surface area contributed by atoms with Crippen LogP contribution in [0.4, 0.5) is 0 Å². The van der Waals surface area contributed by atoms with Crippen LogP contribution >= 0.6 is 12.4 Å². The molecule has 2 atom stereocenters. The second kappa shape index (κ2) is 9.05. The van der Waals surface area contributed by atoms with Gasteiger partial charge in [-0.05, 0) is 64.2 Å². The minimum atomic E-state index is -0.318. The Balaban J connectivity index is 0.00000225. The minimum absolute atomic E-state index is 0. The summed E-state index contributed by atoms with van der Waals surface area (Å²) in [5, 5.41) is 0. The first-order valence-electron chi connectivity index (χ1n) is 10.2. The summed E-state index contributed by atoms with van der Waals surface area (Å²) in [6.45, 7) is 6.10. The predicted octanol–water partition coefficient (Wildman–Crippen LogP) is 3.90. The Hall–Kier alpha value is -0.320. The molecule has 1 saturated heterocycles. The molecule has 0 aromatic carbocycles. The van der Waals surface area contributed by atoms with E-state index in [1.165, 1.54) is 25.7 Å². The fourth-order valence-electron chi connectivity index (χ4n) is 4.83. The average Bonchev–Trinajstić information content (AvgIpc) is 2.57. The molecule has 2 unspecified atom stereocenters. The zero-order valence-corrected chi connectivity index (χ0v) is 16.9. The number of halogens is 1. The van der Waals surface area contributed by atoms with Crippen molar-refractivity contribution < 1.29 is 9.53 Å². The molecule has 0 radical (unpaired) electrons. The van der Waals surface area contributed by atoms with E-state index in [2.05, 4.69) is 18.7 Å². The summed E-state index contributed by atoms with van der Waals surface area (Å²) in [6.07, 6.45) is 12.1. The molecule has 0 aromatic rings. The number of carbonyl (C=O) groups is 1. The maximum Gasteiger partial charge on any atom is 0.227 e. The van der Waals surface area contributed by atoms with Crippen molar-refractivity contribution in [2.45, 2.75) is 95.8 Å². The molecular formula is C20H37ClN2O2. The summed E-state index contributed by atoms with van der Waals surface area (Å²) in [7, 11) is 0. The Labute approximate surface area is 159 Å². The first-order chi connectivity index (χ1) is 11.5. The topological polar surface area (TPSA) is 55.6 Å². The average molecular weight is 373 g/mol. The molecule has 1 amide bonds. The lowest BCUT2D eigenvalue weighted by Gasteiger charge is -2.42. The van der Waals surface area contributed by atoms with E-state index in [-0.39, 0.29) is 23.9 Å². The number of carbonyl (C=O) groups excluding carboxylic acids is 1. The van der Waals surface area contributed by atoms with Crippen LogP contribution < -0.4 is 5.73 Å². The highest BCUT2D eigenvalue weighted by Crippen LogP contribution is 2.34. The second-order valence-electron chi connectivity index (χ2n) is 8.85. The molecular weight excluding hydrogens is 336 g/mol. The second-order valence-corrected chi connectivity index (χ2v) is 8.85. The number of nitrogens with zero attached hydrogens (tertiary/aromatic N) is 1. The van der Waals surface area contributed by atoms with Crippen LogP contribution in [0.5, 0.6) is 0 Å². The quantitative estimate of drug-likeness (QED) is 0.817. The van der Waals surface area contributed by atoms with Crippen LogP contribution in [0.15, 0.2) is 0 Å². The Morgan fingerprint density at radius 1 is 1.00 bits per heavy atom. The van der Waals surface area contributed by atoms with Gasteiger partial charge in [0.2, 0.25) is 5.91 Å². The van der Waals surface area contributed by atoms with E-state index >= 15 is 0 Å². The van der Waals surface area contributed by atoms with E-state index < -0.39 is 0 Å². The number of nitrogens with two attached hydrogens (primary N) is 1. The SMILES string of the molecule is CC1CCC(OC2CCN(C(=O)C3CCCCC3(C)N)CC2)CC1.Cl. The van der Waals surface area contributed by atoms with Crippen molar-refractivity contribution in [1.29, 1.82) is 0 Å². The van der Waals surface area contributed by atoms with Crippen LogP contribution in [-0.2, 0) is 9.53 Å². The summed E-state index contributed by atoms with van der Waals surface area (Å²) in [5.74, 6) is 1.18. The highest BCUT2D eigenvalue weighted by atomic mass is 35.5. The maximum absolute atomic E-state index is 12.9. The molecule has 3 rings (SSSR count). The fourth-order valence-corrected chi connectivity index (χ4v) is 4.83. The lowest BCUT2D eigenvalue weighted by molar-refractivity contribution is -0.142. The first kappa shape index (κ1) is 21.0. The number of hydrogen-bond acceptors (Lipinski definition) is 3. The van der Waals surface area contributed by atoms with E-state index in [1.807, 2.05) is 0 Å². The number of likely N-dealkylation sites (tertiary alicyclic amines) is 1. The van der Waals surface area contributed by atoms with Gasteiger partial charge in [-0.3, -0.25) is 4.79 Å². The summed E-state index contributed by atoms with van der Waals surface area (Å²) >= 11 is 0. The van der Waals surface area contributed by atoms with Crippen molar-refractivity contribution in [2.24, 2.45) is 17.6 Å². The minimum Gasteiger partial charge on any atom is -0.375 e. The molecule has 3 aliphatic rings. The zero-order valence-electron chi connectivity index (χ0n) is 16.0. The summed E-state index contributed by atoms with van der Waals surface area (Å²) in [4.78, 5) is 15.0. The van der Waals surface area contributed by atoms with E-state index in [4.69, 9.17) is 10.5 Å². The normalized spacial score (nSPS) is 37.4. The van der Waals surface area contributed by atoms with Crippen LogP contribution in [0.25, 0.3) is 0 Å². The predicted molar refractivity (Wildman–Crippen MR) is 104 cm³/mol. The molecule has 0 spiro atoms. The van der Waals surface area contributed by atoms with Gasteiger partial charge in [0.25, 0.3) is 0 Å². The van der Waals surface area contributed by atoms with Crippen molar-refractivity contribution in [2.75, 3.05) is 13.1 Å². The molecule has 0 bridgehead atoms. The fraction of sp³-hybridized carbons (Fsp3) is 0.950. The third-order valence-corrected chi connectivity index (χ3v) is 6.65. The summed E-state index contributed by atoms with van der Waals surface area (Å²) in [5.41, 5.74) is 6.10. The summed E-state index contributed by atoms with van der Waals surface area (Å²) < 4.78 is 6.33. The Morgan fingerprint density at radius 2 is 1.60 bits per heavy atom. The molecule has 3 fully saturated rings. The van der Waals surface area contributed by atoms with Gasteiger partial charge < -0.3 is 15.4 Å². The van der Waals surface area contributed by atoms with Crippen LogP contribution in [0.2, 0.25) is 0 Å². The van der Waals surface area contributed by atoms with Gasteiger partial charge in [0.15, 0.2) is 0 Å². The van der Waals surface area contributed by atoms with Gasteiger partial charge in [0.1, 0.15) is 0 Å². The van der Waals surface area contributed by atoms with Gasteiger partial charge in [0.05, 0.1) is 18.1 Å². The van der Waals surface area contributed by atoms with Gasteiger partial charge in [0, 0.05) is 18.6 Å². The number of hydrogen-bond donors (Lipinski definition) is 1. The van der Waals surface area contributed by atoms with Gasteiger partial charge in [-0.25, -0.2) is 0 Å². The highest BCUT2D eigenvalue weighted by molar-refractivity contribution is 5.85. The van der Waals surface area contributed by atoms with Crippen molar-refractivity contribution in [1.82, 2.24) is 4.90 Å². The standard InChI is InChI=1S/C20H36N2O2.ClH/c1-15-6-8-16(9-7-15)24-17-10-13-22(14-11-17)19(23)18-5-3-4-12-20(18,2)21;/h15-18H,3-14,21H2,1-2H3;1H. The van der Waals surface area contributed by atoms with Crippen LogP contribution in [0.1, 0.15) is 78.1 Å². The lowest BCUT2D eigenvalue weighted by atomic mass is 9.74. The summed E-state index contributed by atoms with van der Waals surface area (Å²) in [6, 6.07) is 0. The number of amides is 1. The molecule has 2 aliphatic carbocycles. The van der Waals surface area contributed by atoms with Crippen LogP contribution in [-0.4, -0.2) is 41.6 Å². The van der Waals surface area contributed by atoms with Gasteiger partial charge >= 0.3 is 0 Å². The zero-order chi connectivity index (χ0) is 17.2. The number of rotatable bonds is 3. The molecule has 2 saturated carbocycles. The molecule has 1 aliphatic heterocycles. The molecule has 2 N–H and O–H groups in total. The van der Waals surface area contributed by atoms with E-state index in [0.29, 0.717) is 18.1 Å². The van der Waals surface area contributed by atoms with Gasteiger partial charge in [-0.15, -0.1) is 12.4 Å². The highest BCUT2D eigenvalue weighted by Gasteiger charge is 2.40. The molecule has 5 heteroatoms. The first-order valence-corrected chi connectivity index (χ1v) is 10.2. The Bertz CT molecular complexity index is 427. The molecule has 1 heterocycles. The van der Waals surface area contributed by atoms with E-state index in [1.54, 1.807) is 0 Å². The maximum atomic E-state index is 12.9. The van der Waals surface area contributed by atoms with Gasteiger partial charge in [-0.1, -0.05) is 19.8 Å². The van der Waals surface area contributed by atoms with Crippen molar-refractivity contribution in [3.05, 3.63) is 0 Å². The number of ether oxygens (including phenoxy) is 1. The third kappa shape index (κ3) is 5.33. The molecule has 146 valence electrons. The number of piperidine rings is 1. The largest absolute Gasteiger partial charge is 0.375 e. The van der Waals surface area contributed by atoms with Crippen LogP contribution in [0, 0.1) is 11.8 Å². The van der Waals surface area contributed by atoms with Crippen LogP contribution in [0.3, 0.4) is 0 Å². The molecule has 25 heavy (non-hydrogen) atoms. The van der Waals surface area contributed by atoms with Crippen molar-refractivity contribution in [3.63, 3.8) is 0 Å². The van der Waals surface area contributed by atoms with Gasteiger partial charge in [-0.2, -0.15) is 0 Å². The lowest BCUT2D eigenvalue weighted by Crippen LogP contribution is -2.55. The van der Waals surface area contributed by atoms with Crippen molar-refractivity contribution in [3.8, 4) is 0 Å². The monoisotopic (exact) mass is 372 g/mol. The third-order valence-electron chi connectivity index (χ3n) is 6.65. The van der Waals surface area contributed by atoms with Crippen molar-refractivity contribution >= 4 is 18.3 Å². The smallest absolute Gasteiger partial charge is 0.227 e. The molecule has 0 aromatic heterocycles.